The van der Waals surface area contributed by atoms with E-state index in [2.05, 4.69) is 5.32 Å². The molecule has 3 rings (SSSR count). The number of benzene rings is 1. The average Bonchev–Trinajstić information content (AvgIpc) is 2.72. The van der Waals surface area contributed by atoms with E-state index in [4.69, 9.17) is 0 Å². The zero-order valence-corrected chi connectivity index (χ0v) is 13.8. The number of fused-ring (bicyclic) bond motifs is 2. The molecule has 1 N–H and O–H groups in total. The number of hydrogen-bond donors (Lipinski definition) is 1. The van der Waals surface area contributed by atoms with Crippen LogP contribution in [0.5, 0.6) is 0 Å². The van der Waals surface area contributed by atoms with Gasteiger partial charge >= 0.3 is 6.03 Å². The Bertz CT molecular complexity index is 690. The predicted molar refractivity (Wildman–Crippen MR) is 85.8 cm³/mol. The van der Waals surface area contributed by atoms with Crippen molar-refractivity contribution in [3.05, 3.63) is 35.4 Å². The fourth-order valence-electron chi connectivity index (χ4n) is 3.34. The molecule has 1 heterocycles. The van der Waals surface area contributed by atoms with E-state index in [0.717, 1.165) is 28.9 Å². The lowest BCUT2D eigenvalue weighted by Gasteiger charge is -2.33. The molecule has 1 atom stereocenters. The molecule has 0 saturated carbocycles. The summed E-state index contributed by atoms with van der Waals surface area (Å²) < 4.78 is 0. The Balaban J connectivity index is 1.95. The molecule has 0 aromatic heterocycles. The summed E-state index contributed by atoms with van der Waals surface area (Å²) in [6, 6.07) is 7.26. The van der Waals surface area contributed by atoms with Crippen molar-refractivity contribution in [1.82, 2.24) is 10.2 Å². The highest BCUT2D eigenvalue weighted by atomic mass is 16.2. The first-order valence-electron chi connectivity index (χ1n) is 8.01. The quantitative estimate of drug-likeness (QED) is 0.852. The average molecular weight is 314 g/mol. The van der Waals surface area contributed by atoms with Crippen molar-refractivity contribution >= 4 is 17.7 Å². The fraction of sp³-hybridized carbons (Fsp3) is 0.500. The molecule has 1 aromatic rings. The minimum absolute atomic E-state index is 0.123. The van der Waals surface area contributed by atoms with Gasteiger partial charge in [0.15, 0.2) is 5.78 Å². The van der Waals surface area contributed by atoms with Gasteiger partial charge in [-0.3, -0.25) is 14.5 Å². The van der Waals surface area contributed by atoms with Gasteiger partial charge in [0.05, 0.1) is 6.54 Å². The van der Waals surface area contributed by atoms with Gasteiger partial charge in [0.1, 0.15) is 5.54 Å². The van der Waals surface area contributed by atoms with Crippen LogP contribution < -0.4 is 5.32 Å². The normalized spacial score (nSPS) is 23.9. The third kappa shape index (κ3) is 2.44. The van der Waals surface area contributed by atoms with Crippen LogP contribution in [-0.2, 0) is 21.5 Å². The largest absolute Gasteiger partial charge is 0.325 e. The number of ketones is 1. The third-order valence-corrected chi connectivity index (χ3v) is 4.79. The summed E-state index contributed by atoms with van der Waals surface area (Å²) in [6.07, 6.45) is 2.32. The molecular weight excluding hydrogens is 292 g/mol. The number of rotatable bonds is 2. The van der Waals surface area contributed by atoms with Crippen LogP contribution in [0.4, 0.5) is 4.79 Å². The van der Waals surface area contributed by atoms with Crippen molar-refractivity contribution in [1.29, 1.82) is 0 Å². The maximum Gasteiger partial charge on any atom is 0.325 e. The Labute approximate surface area is 136 Å². The minimum atomic E-state index is -0.996. The van der Waals surface area contributed by atoms with Crippen LogP contribution in [-0.4, -0.2) is 29.2 Å². The second kappa shape index (κ2) is 5.18. The summed E-state index contributed by atoms with van der Waals surface area (Å²) in [5, 5.41) is 2.87. The summed E-state index contributed by atoms with van der Waals surface area (Å²) in [7, 11) is 0. The van der Waals surface area contributed by atoms with Gasteiger partial charge in [-0.25, -0.2) is 4.79 Å². The maximum absolute atomic E-state index is 13.0. The van der Waals surface area contributed by atoms with Crippen LogP contribution >= 0.6 is 0 Å². The molecule has 1 aliphatic carbocycles. The van der Waals surface area contributed by atoms with E-state index in [-0.39, 0.29) is 18.2 Å². The molecule has 1 saturated heterocycles. The zero-order valence-electron chi connectivity index (χ0n) is 13.8. The number of carbonyl (C=O) groups is 3. The van der Waals surface area contributed by atoms with Crippen molar-refractivity contribution < 1.29 is 14.4 Å². The molecule has 0 unspecified atom stereocenters. The van der Waals surface area contributed by atoms with E-state index in [1.165, 1.54) is 0 Å². The Hall–Kier alpha value is -2.17. The number of hydrogen-bond acceptors (Lipinski definition) is 3. The summed E-state index contributed by atoms with van der Waals surface area (Å²) >= 11 is 0. The van der Waals surface area contributed by atoms with Crippen LogP contribution in [0.15, 0.2) is 24.3 Å². The molecule has 5 heteroatoms. The number of urea groups is 1. The SMILES string of the molecule is CC(C)(C)C(=O)CN1C(=O)N[C@@]2(CCCc3ccccc32)C1=O. The number of aryl methyl sites for hydroxylation is 1. The van der Waals surface area contributed by atoms with Gasteiger partial charge in [0.2, 0.25) is 0 Å². The van der Waals surface area contributed by atoms with Crippen LogP contribution in [0.25, 0.3) is 0 Å². The number of Topliss-reactive ketones (excluding diaryl/α,β-unsaturated/α-hetero) is 1. The van der Waals surface area contributed by atoms with Crippen molar-refractivity contribution in [2.24, 2.45) is 5.41 Å². The Morgan fingerprint density at radius 1 is 1.26 bits per heavy atom. The van der Waals surface area contributed by atoms with E-state index in [0.29, 0.717) is 6.42 Å². The van der Waals surface area contributed by atoms with Crippen molar-refractivity contribution in [2.45, 2.75) is 45.6 Å². The fourth-order valence-corrected chi connectivity index (χ4v) is 3.34. The lowest BCUT2D eigenvalue weighted by atomic mass is 9.76. The van der Waals surface area contributed by atoms with E-state index in [1.54, 1.807) is 20.8 Å². The third-order valence-electron chi connectivity index (χ3n) is 4.79. The van der Waals surface area contributed by atoms with E-state index >= 15 is 0 Å². The number of amides is 3. The second-order valence-corrected chi connectivity index (χ2v) is 7.41. The topological polar surface area (TPSA) is 66.5 Å². The predicted octanol–water partition coefficient (Wildman–Crippen LogP) is 2.39. The van der Waals surface area contributed by atoms with E-state index < -0.39 is 17.0 Å². The molecule has 122 valence electrons. The first-order chi connectivity index (χ1) is 10.8. The van der Waals surface area contributed by atoms with Crippen LogP contribution in [0.2, 0.25) is 0 Å². The van der Waals surface area contributed by atoms with Gasteiger partial charge in [-0.2, -0.15) is 0 Å². The summed E-state index contributed by atoms with van der Waals surface area (Å²) in [5.74, 6) is -0.422. The van der Waals surface area contributed by atoms with E-state index in [1.807, 2.05) is 24.3 Å². The number of imide groups is 1. The minimum Gasteiger partial charge on any atom is -0.319 e. The molecule has 1 fully saturated rings. The summed E-state index contributed by atoms with van der Waals surface area (Å²) in [4.78, 5) is 38.7. The van der Waals surface area contributed by atoms with Crippen molar-refractivity contribution in [3.63, 3.8) is 0 Å². The number of nitrogens with zero attached hydrogens (tertiary/aromatic N) is 1. The van der Waals surface area contributed by atoms with Crippen molar-refractivity contribution in [3.8, 4) is 0 Å². The smallest absolute Gasteiger partial charge is 0.319 e. The Kier molecular flexibility index (Phi) is 3.54. The van der Waals surface area contributed by atoms with Gasteiger partial charge < -0.3 is 5.32 Å². The van der Waals surface area contributed by atoms with E-state index in [9.17, 15) is 14.4 Å². The first kappa shape index (κ1) is 15.7. The molecule has 0 radical (unpaired) electrons. The molecule has 23 heavy (non-hydrogen) atoms. The molecule has 5 nitrogen and oxygen atoms in total. The molecule has 1 aromatic carbocycles. The van der Waals surface area contributed by atoms with Crippen LogP contribution in [0.3, 0.4) is 0 Å². The number of nitrogens with one attached hydrogen (secondary N) is 1. The van der Waals surface area contributed by atoms with Gasteiger partial charge in [-0.1, -0.05) is 45.0 Å². The first-order valence-corrected chi connectivity index (χ1v) is 8.01. The number of carbonyl (C=O) groups excluding carboxylic acids is 3. The molecule has 3 amide bonds. The summed E-state index contributed by atoms with van der Waals surface area (Å²) in [5.41, 5.74) is 0.386. The lowest BCUT2D eigenvalue weighted by molar-refractivity contribution is -0.137. The summed E-state index contributed by atoms with van der Waals surface area (Å²) in [6.45, 7) is 5.20. The molecule has 2 aliphatic rings. The lowest BCUT2D eigenvalue weighted by Crippen LogP contribution is -2.47. The molecular formula is C18H22N2O3. The van der Waals surface area contributed by atoms with Gasteiger partial charge in [0, 0.05) is 5.41 Å². The Morgan fingerprint density at radius 2 is 1.96 bits per heavy atom. The zero-order chi connectivity index (χ0) is 16.8. The maximum atomic E-state index is 13.0. The van der Waals surface area contributed by atoms with Crippen molar-refractivity contribution in [2.75, 3.05) is 6.54 Å². The molecule has 1 spiro atoms. The Morgan fingerprint density at radius 3 is 2.65 bits per heavy atom. The highest BCUT2D eigenvalue weighted by molar-refractivity contribution is 6.10. The van der Waals surface area contributed by atoms with Crippen LogP contribution in [0, 0.1) is 5.41 Å². The van der Waals surface area contributed by atoms with Gasteiger partial charge in [-0.15, -0.1) is 0 Å². The monoisotopic (exact) mass is 314 g/mol. The highest BCUT2D eigenvalue weighted by Gasteiger charge is 2.54. The van der Waals surface area contributed by atoms with Gasteiger partial charge in [-0.05, 0) is 30.4 Å². The standard InChI is InChI=1S/C18H22N2O3/c1-17(2,3)14(21)11-20-15(22)18(19-16(20)23)10-6-8-12-7-4-5-9-13(12)18/h4-5,7,9H,6,8,10-11H2,1-3H3,(H,19,23)/t18-/m1/s1. The second-order valence-electron chi connectivity index (χ2n) is 7.41. The van der Waals surface area contributed by atoms with Gasteiger partial charge in [0.25, 0.3) is 5.91 Å². The van der Waals surface area contributed by atoms with Crippen LogP contribution in [0.1, 0.15) is 44.7 Å². The molecule has 1 aliphatic heterocycles. The molecule has 0 bridgehead atoms. The highest BCUT2D eigenvalue weighted by Crippen LogP contribution is 2.40.